The van der Waals surface area contributed by atoms with E-state index < -0.39 is 0 Å². The summed E-state index contributed by atoms with van der Waals surface area (Å²) in [4.78, 5) is 10.5. The van der Waals surface area contributed by atoms with Crippen molar-refractivity contribution >= 4 is 6.29 Å². The van der Waals surface area contributed by atoms with Gasteiger partial charge in [-0.1, -0.05) is 19.9 Å². The maximum atomic E-state index is 10.5. The van der Waals surface area contributed by atoms with E-state index >= 15 is 0 Å². The molecule has 3 heteroatoms. The topological polar surface area (TPSA) is 46.5 Å². The van der Waals surface area contributed by atoms with Crippen LogP contribution < -0.4 is 4.74 Å². The predicted octanol–water partition coefficient (Wildman–Crippen LogP) is 2.27. The van der Waals surface area contributed by atoms with Gasteiger partial charge >= 0.3 is 0 Å². The molecule has 3 nitrogen and oxygen atoms in total. The van der Waals surface area contributed by atoms with Gasteiger partial charge in [0.2, 0.25) is 0 Å². The Labute approximate surface area is 89.7 Å². The first kappa shape index (κ1) is 11.6. The average Bonchev–Trinajstić information content (AvgIpc) is 2.17. The van der Waals surface area contributed by atoms with Crippen molar-refractivity contribution in [3.63, 3.8) is 0 Å². The smallest absolute Gasteiger partial charge is 0.160 e. The van der Waals surface area contributed by atoms with E-state index in [4.69, 9.17) is 4.74 Å². The molecule has 0 spiro atoms. The van der Waals surface area contributed by atoms with Crippen LogP contribution in [0.15, 0.2) is 18.2 Å². The van der Waals surface area contributed by atoms with E-state index in [1.807, 2.05) is 19.9 Å². The number of phenolic OH excluding ortho intramolecular Hbond substituents is 1. The zero-order chi connectivity index (χ0) is 11.5. The van der Waals surface area contributed by atoms with E-state index in [1.54, 1.807) is 12.1 Å². The van der Waals surface area contributed by atoms with Crippen LogP contribution >= 0.6 is 0 Å². The summed E-state index contributed by atoms with van der Waals surface area (Å²) < 4.78 is 4.95. The van der Waals surface area contributed by atoms with Gasteiger partial charge in [0.15, 0.2) is 11.5 Å². The first-order valence-electron chi connectivity index (χ1n) is 4.82. The lowest BCUT2D eigenvalue weighted by Gasteiger charge is -2.22. The molecule has 0 fully saturated rings. The van der Waals surface area contributed by atoms with Crippen LogP contribution in [-0.4, -0.2) is 18.5 Å². The first-order valence-corrected chi connectivity index (χ1v) is 4.82. The zero-order valence-electron chi connectivity index (χ0n) is 9.28. The fourth-order valence-electron chi connectivity index (χ4n) is 1.44. The van der Waals surface area contributed by atoms with Crippen LogP contribution in [0.2, 0.25) is 0 Å². The van der Waals surface area contributed by atoms with E-state index in [2.05, 4.69) is 0 Å². The Hall–Kier alpha value is -1.51. The number of hydrogen-bond acceptors (Lipinski definition) is 3. The van der Waals surface area contributed by atoms with Crippen LogP contribution in [0, 0.1) is 0 Å². The molecule has 82 valence electrons. The number of benzene rings is 1. The van der Waals surface area contributed by atoms with Crippen molar-refractivity contribution in [1.82, 2.24) is 0 Å². The van der Waals surface area contributed by atoms with Gasteiger partial charge in [-0.25, -0.2) is 0 Å². The molecule has 0 radical (unpaired) electrons. The standard InChI is InChI=1S/C12H16O3/c1-12(2,6-7-13)9-4-5-11(15-3)10(14)8-9/h4-5,7-8,14H,6H2,1-3H3. The van der Waals surface area contributed by atoms with Crippen LogP contribution in [0.4, 0.5) is 0 Å². The maximum absolute atomic E-state index is 10.5. The van der Waals surface area contributed by atoms with E-state index in [0.717, 1.165) is 11.8 Å². The molecule has 1 rings (SSSR count). The number of methoxy groups -OCH3 is 1. The second-order valence-electron chi connectivity index (χ2n) is 4.14. The van der Waals surface area contributed by atoms with Gasteiger partial charge in [0, 0.05) is 6.42 Å². The Bertz CT molecular complexity index is 356. The molecular formula is C12H16O3. The van der Waals surface area contributed by atoms with E-state index in [-0.39, 0.29) is 11.2 Å². The zero-order valence-corrected chi connectivity index (χ0v) is 9.28. The number of aromatic hydroxyl groups is 1. The first-order chi connectivity index (χ1) is 7.01. The van der Waals surface area contributed by atoms with Crippen molar-refractivity contribution in [3.05, 3.63) is 23.8 Å². The molecule has 0 aliphatic carbocycles. The van der Waals surface area contributed by atoms with Crippen LogP contribution in [0.25, 0.3) is 0 Å². The van der Waals surface area contributed by atoms with E-state index in [0.29, 0.717) is 12.2 Å². The Morgan fingerprint density at radius 2 is 2.13 bits per heavy atom. The molecule has 0 heterocycles. The van der Waals surface area contributed by atoms with Gasteiger partial charge in [-0.15, -0.1) is 0 Å². The fraction of sp³-hybridized carbons (Fsp3) is 0.417. The number of aldehydes is 1. The quantitative estimate of drug-likeness (QED) is 0.772. The van der Waals surface area contributed by atoms with Gasteiger partial charge in [-0.2, -0.15) is 0 Å². The Kier molecular flexibility index (Phi) is 3.35. The number of carbonyl (C=O) groups is 1. The number of hydrogen-bond donors (Lipinski definition) is 1. The molecular weight excluding hydrogens is 192 g/mol. The Balaban J connectivity index is 3.06. The molecule has 0 bridgehead atoms. The second-order valence-corrected chi connectivity index (χ2v) is 4.14. The molecule has 0 amide bonds. The highest BCUT2D eigenvalue weighted by atomic mass is 16.5. The van der Waals surface area contributed by atoms with Gasteiger partial charge in [0.25, 0.3) is 0 Å². The highest BCUT2D eigenvalue weighted by molar-refractivity contribution is 5.54. The minimum Gasteiger partial charge on any atom is -0.504 e. The third-order valence-corrected chi connectivity index (χ3v) is 2.55. The molecule has 1 aromatic rings. The van der Waals surface area contributed by atoms with Crippen LogP contribution in [0.5, 0.6) is 11.5 Å². The van der Waals surface area contributed by atoms with Crippen LogP contribution in [0.3, 0.4) is 0 Å². The number of phenols is 1. The normalized spacial score (nSPS) is 11.1. The average molecular weight is 208 g/mol. The fourth-order valence-corrected chi connectivity index (χ4v) is 1.44. The Morgan fingerprint density at radius 1 is 1.47 bits per heavy atom. The molecule has 15 heavy (non-hydrogen) atoms. The number of ether oxygens (including phenoxy) is 1. The lowest BCUT2D eigenvalue weighted by atomic mass is 9.82. The lowest BCUT2D eigenvalue weighted by molar-refractivity contribution is -0.108. The van der Waals surface area contributed by atoms with Crippen molar-refractivity contribution in [2.45, 2.75) is 25.7 Å². The van der Waals surface area contributed by atoms with Gasteiger partial charge in [0.1, 0.15) is 6.29 Å². The summed E-state index contributed by atoms with van der Waals surface area (Å²) in [5.41, 5.74) is 0.666. The van der Waals surface area contributed by atoms with Crippen molar-refractivity contribution in [2.75, 3.05) is 7.11 Å². The van der Waals surface area contributed by atoms with E-state index in [9.17, 15) is 9.90 Å². The summed E-state index contributed by atoms with van der Waals surface area (Å²) in [5.74, 6) is 0.551. The molecule has 0 aliphatic heterocycles. The Morgan fingerprint density at radius 3 is 2.60 bits per heavy atom. The highest BCUT2D eigenvalue weighted by Gasteiger charge is 2.21. The van der Waals surface area contributed by atoms with Crippen molar-refractivity contribution in [1.29, 1.82) is 0 Å². The summed E-state index contributed by atoms with van der Waals surface area (Å²) in [6.45, 7) is 3.92. The SMILES string of the molecule is COc1ccc(C(C)(C)CC=O)cc1O. The third-order valence-electron chi connectivity index (χ3n) is 2.55. The molecule has 0 saturated heterocycles. The second kappa shape index (κ2) is 4.34. The molecule has 1 aromatic carbocycles. The number of carbonyl (C=O) groups excluding carboxylic acids is 1. The van der Waals surface area contributed by atoms with Gasteiger partial charge in [-0.3, -0.25) is 0 Å². The largest absolute Gasteiger partial charge is 0.504 e. The summed E-state index contributed by atoms with van der Waals surface area (Å²) in [6, 6.07) is 5.21. The van der Waals surface area contributed by atoms with Gasteiger partial charge in [0.05, 0.1) is 7.11 Å². The number of rotatable bonds is 4. The van der Waals surface area contributed by atoms with Crippen LogP contribution in [0.1, 0.15) is 25.8 Å². The molecule has 0 aliphatic rings. The summed E-state index contributed by atoms with van der Waals surface area (Å²) in [5, 5.41) is 9.61. The highest BCUT2D eigenvalue weighted by Crippen LogP contribution is 2.33. The summed E-state index contributed by atoms with van der Waals surface area (Å²) in [7, 11) is 1.51. The molecule has 0 saturated carbocycles. The molecule has 0 atom stereocenters. The minimum absolute atomic E-state index is 0.106. The van der Waals surface area contributed by atoms with Crippen LogP contribution in [-0.2, 0) is 10.2 Å². The maximum Gasteiger partial charge on any atom is 0.160 e. The van der Waals surface area contributed by atoms with Crippen molar-refractivity contribution < 1.29 is 14.6 Å². The monoisotopic (exact) mass is 208 g/mol. The third kappa shape index (κ3) is 2.49. The summed E-state index contributed by atoms with van der Waals surface area (Å²) in [6.07, 6.45) is 1.32. The van der Waals surface area contributed by atoms with Crippen molar-refractivity contribution in [2.24, 2.45) is 0 Å². The summed E-state index contributed by atoms with van der Waals surface area (Å²) >= 11 is 0. The lowest BCUT2D eigenvalue weighted by Crippen LogP contribution is -2.17. The van der Waals surface area contributed by atoms with Gasteiger partial charge < -0.3 is 14.6 Å². The minimum atomic E-state index is -0.258. The molecule has 1 N–H and O–H groups in total. The molecule has 0 aromatic heterocycles. The van der Waals surface area contributed by atoms with Crippen molar-refractivity contribution in [3.8, 4) is 11.5 Å². The van der Waals surface area contributed by atoms with E-state index in [1.165, 1.54) is 7.11 Å². The molecule has 0 unspecified atom stereocenters. The van der Waals surface area contributed by atoms with Gasteiger partial charge in [-0.05, 0) is 23.1 Å². The predicted molar refractivity (Wildman–Crippen MR) is 58.4 cm³/mol.